The second-order valence-corrected chi connectivity index (χ2v) is 9.60. The van der Waals surface area contributed by atoms with E-state index in [1.807, 2.05) is 0 Å². The largest absolute Gasteiger partial charge is 1.00 e. The maximum atomic E-state index is 5.67. The maximum absolute atomic E-state index is 5.67. The molecule has 0 saturated heterocycles. The molecule has 0 N–H and O–H groups in total. The molecule has 0 radical (unpaired) electrons. The van der Waals surface area contributed by atoms with Gasteiger partial charge in [0.05, 0.1) is 0 Å². The number of hydrogen-bond donors (Lipinski definition) is 0. The van der Waals surface area contributed by atoms with Crippen LogP contribution < -0.4 is 29.6 Å². The van der Waals surface area contributed by atoms with Crippen molar-refractivity contribution in [2.75, 3.05) is 0 Å². The Bertz CT molecular complexity index is 30.4. The molecule has 6 heavy (non-hydrogen) atoms. The van der Waals surface area contributed by atoms with Crippen molar-refractivity contribution >= 4 is 18.5 Å². The summed E-state index contributed by atoms with van der Waals surface area (Å²) < 4.78 is 0. The summed E-state index contributed by atoms with van der Waals surface area (Å²) in [5.74, 6) is 0. The Morgan fingerprint density at radius 1 is 1.33 bits per heavy atom. The van der Waals surface area contributed by atoms with Gasteiger partial charge in [-0.25, -0.2) is 0 Å². The van der Waals surface area contributed by atoms with Crippen molar-refractivity contribution < 1.29 is 31.0 Å². The van der Waals surface area contributed by atoms with E-state index in [2.05, 4.69) is 19.6 Å². The van der Waals surface area contributed by atoms with E-state index in [1.54, 1.807) is 0 Å². The third-order valence-electron chi connectivity index (χ3n) is 0. The standard InChI is InChI=1S/C3H9ClSi.Na.H/c1-5(2,3)4;;/h1-3H3;;/q;+1;-1. The number of hydrogen-bond acceptors (Lipinski definition) is 0. The molecule has 3 heteroatoms. The van der Waals surface area contributed by atoms with Gasteiger partial charge in [-0.15, -0.1) is 0 Å². The van der Waals surface area contributed by atoms with Crippen LogP contribution in [0, 0.1) is 0 Å². The number of halogens is 1. The first kappa shape index (κ1) is 10.5. The average molecular weight is 133 g/mol. The van der Waals surface area contributed by atoms with E-state index in [-0.39, 0.29) is 31.0 Å². The molecule has 0 bridgehead atoms. The van der Waals surface area contributed by atoms with Crippen LogP contribution in [0.15, 0.2) is 0 Å². The van der Waals surface area contributed by atoms with Gasteiger partial charge in [0.15, 0.2) is 0 Å². The van der Waals surface area contributed by atoms with Gasteiger partial charge in [-0.1, -0.05) is 19.6 Å². The molecule has 0 aromatic carbocycles. The van der Waals surface area contributed by atoms with Crippen LogP contribution in [0.4, 0.5) is 0 Å². The molecular weight excluding hydrogens is 123 g/mol. The molecule has 34 valence electrons. The van der Waals surface area contributed by atoms with E-state index in [0.29, 0.717) is 0 Å². The van der Waals surface area contributed by atoms with Crippen LogP contribution in [0.2, 0.25) is 19.6 Å². The Morgan fingerprint density at radius 3 is 1.33 bits per heavy atom. The smallest absolute Gasteiger partial charge is 1.00 e. The van der Waals surface area contributed by atoms with E-state index in [4.69, 9.17) is 11.1 Å². The van der Waals surface area contributed by atoms with Crippen LogP contribution in [0.25, 0.3) is 0 Å². The molecule has 0 saturated carbocycles. The Hall–Kier alpha value is 1.51. The Labute approximate surface area is 68.8 Å². The predicted octanol–water partition coefficient (Wildman–Crippen LogP) is -0.823. The van der Waals surface area contributed by atoms with Gasteiger partial charge in [0, 0.05) is 0 Å². The van der Waals surface area contributed by atoms with Crippen molar-refractivity contribution in [1.29, 1.82) is 0 Å². The normalized spacial score (nSPS) is 10.0. The van der Waals surface area contributed by atoms with Gasteiger partial charge in [-0.2, -0.15) is 11.1 Å². The van der Waals surface area contributed by atoms with E-state index < -0.39 is 7.38 Å². The first-order valence-electron chi connectivity index (χ1n) is 1.69. The van der Waals surface area contributed by atoms with Crippen LogP contribution in [0.3, 0.4) is 0 Å². The summed E-state index contributed by atoms with van der Waals surface area (Å²) in [5.41, 5.74) is 0. The summed E-state index contributed by atoms with van der Waals surface area (Å²) in [6.45, 7) is 6.28. The van der Waals surface area contributed by atoms with Crippen LogP contribution in [-0.4, -0.2) is 7.38 Å². The van der Waals surface area contributed by atoms with Crippen LogP contribution in [0.1, 0.15) is 1.43 Å². The summed E-state index contributed by atoms with van der Waals surface area (Å²) >= 11 is 5.67. The molecule has 0 nitrogen and oxygen atoms in total. The average Bonchev–Trinajstić information content (AvgIpc) is 0.722. The predicted molar refractivity (Wildman–Crippen MR) is 30.3 cm³/mol. The number of rotatable bonds is 0. The topological polar surface area (TPSA) is 0 Å². The zero-order chi connectivity index (χ0) is 4.50. The molecule has 0 fully saturated rings. The first-order chi connectivity index (χ1) is 2.00. The van der Waals surface area contributed by atoms with Crippen molar-refractivity contribution in [1.82, 2.24) is 0 Å². The molecule has 0 rings (SSSR count). The molecule has 0 aliphatic rings. The maximum Gasteiger partial charge on any atom is 1.00 e. The quantitative estimate of drug-likeness (QED) is 0.299. The zero-order valence-electron chi connectivity index (χ0n) is 5.88. The van der Waals surface area contributed by atoms with Gasteiger partial charge in [-0.05, 0) is 0 Å². The first-order valence-corrected chi connectivity index (χ1v) is 6.20. The third kappa shape index (κ3) is 49.3. The molecular formula is C3H10ClNaSi. The van der Waals surface area contributed by atoms with E-state index >= 15 is 0 Å². The SMILES string of the molecule is C[Si](C)(C)Cl.[H-].[Na+]. The molecule has 0 spiro atoms. The fourth-order valence-electron chi connectivity index (χ4n) is 0. The molecule has 0 aliphatic heterocycles. The van der Waals surface area contributed by atoms with Crippen molar-refractivity contribution in [3.8, 4) is 0 Å². The minimum Gasteiger partial charge on any atom is -1.00 e. The molecule has 0 amide bonds. The molecule has 0 aromatic rings. The second-order valence-electron chi connectivity index (χ2n) is 2.07. The monoisotopic (exact) mass is 132 g/mol. The van der Waals surface area contributed by atoms with Crippen molar-refractivity contribution in [3.05, 3.63) is 0 Å². The Morgan fingerprint density at radius 2 is 1.33 bits per heavy atom. The molecule has 0 unspecified atom stereocenters. The van der Waals surface area contributed by atoms with E-state index in [1.165, 1.54) is 0 Å². The summed E-state index contributed by atoms with van der Waals surface area (Å²) in [4.78, 5) is 0. The summed E-state index contributed by atoms with van der Waals surface area (Å²) in [6, 6.07) is 0. The van der Waals surface area contributed by atoms with Gasteiger partial charge in [0.25, 0.3) is 0 Å². The van der Waals surface area contributed by atoms with Crippen LogP contribution in [0.5, 0.6) is 0 Å². The third-order valence-corrected chi connectivity index (χ3v) is 0. The van der Waals surface area contributed by atoms with Crippen LogP contribution in [-0.2, 0) is 0 Å². The molecule has 0 aromatic heterocycles. The molecule has 0 atom stereocenters. The van der Waals surface area contributed by atoms with Crippen molar-refractivity contribution in [3.63, 3.8) is 0 Å². The van der Waals surface area contributed by atoms with E-state index in [9.17, 15) is 0 Å². The van der Waals surface area contributed by atoms with Crippen molar-refractivity contribution in [2.45, 2.75) is 19.6 Å². The van der Waals surface area contributed by atoms with Crippen molar-refractivity contribution in [2.24, 2.45) is 0 Å². The molecule has 0 aliphatic carbocycles. The van der Waals surface area contributed by atoms with Gasteiger partial charge < -0.3 is 1.43 Å². The van der Waals surface area contributed by atoms with Gasteiger partial charge in [0.1, 0.15) is 7.38 Å². The summed E-state index contributed by atoms with van der Waals surface area (Å²) in [5, 5.41) is 0. The summed E-state index contributed by atoms with van der Waals surface area (Å²) in [6.07, 6.45) is 0. The van der Waals surface area contributed by atoms with Gasteiger partial charge in [0.2, 0.25) is 0 Å². The fourth-order valence-corrected chi connectivity index (χ4v) is 0. The minimum absolute atomic E-state index is 0. The van der Waals surface area contributed by atoms with Gasteiger partial charge >= 0.3 is 29.6 Å². The van der Waals surface area contributed by atoms with Gasteiger partial charge in [-0.3, -0.25) is 0 Å². The fraction of sp³-hybridized carbons (Fsp3) is 1.00. The van der Waals surface area contributed by atoms with Crippen LogP contribution >= 0.6 is 11.1 Å². The Balaban J connectivity index is -0.0000000800. The molecule has 0 heterocycles. The summed E-state index contributed by atoms with van der Waals surface area (Å²) in [7, 11) is -1.14. The Kier molecular flexibility index (Phi) is 6.12. The minimum atomic E-state index is -1.14. The van der Waals surface area contributed by atoms with E-state index in [0.717, 1.165) is 0 Å². The zero-order valence-corrected chi connectivity index (χ0v) is 8.63. The second kappa shape index (κ2) is 3.50.